The van der Waals surface area contributed by atoms with E-state index in [1.807, 2.05) is 0 Å². The molecule has 0 aliphatic heterocycles. The first-order valence-corrected chi connectivity index (χ1v) is 6.91. The molecule has 0 bridgehead atoms. The summed E-state index contributed by atoms with van der Waals surface area (Å²) in [6, 6.07) is 3.73. The molecule has 0 aromatic heterocycles. The number of aliphatic carboxylic acids is 1. The highest BCUT2D eigenvalue weighted by Crippen LogP contribution is 2.17. The van der Waals surface area contributed by atoms with E-state index in [0.717, 1.165) is 6.07 Å². The van der Waals surface area contributed by atoms with Crippen molar-refractivity contribution in [3.05, 3.63) is 34.1 Å². The molecule has 2 amide bonds. The molecule has 0 radical (unpaired) electrons. The van der Waals surface area contributed by atoms with E-state index in [0.29, 0.717) is 4.47 Å². The molecule has 6 nitrogen and oxygen atoms in total. The van der Waals surface area contributed by atoms with Crippen molar-refractivity contribution in [3.63, 3.8) is 0 Å². The van der Waals surface area contributed by atoms with E-state index >= 15 is 0 Å². The van der Waals surface area contributed by atoms with E-state index in [9.17, 15) is 18.8 Å². The number of carbonyl (C=O) groups is 3. The molecule has 3 N–H and O–H groups in total. The summed E-state index contributed by atoms with van der Waals surface area (Å²) >= 11 is 3.14. The lowest BCUT2D eigenvalue weighted by atomic mass is 10.2. The Morgan fingerprint density at radius 3 is 2.48 bits per heavy atom. The highest BCUT2D eigenvalue weighted by molar-refractivity contribution is 9.10. The average Bonchev–Trinajstić information content (AvgIpc) is 2.41. The Morgan fingerprint density at radius 2 is 1.81 bits per heavy atom. The number of carboxylic acid groups (broad SMARTS) is 1. The van der Waals surface area contributed by atoms with Crippen molar-refractivity contribution >= 4 is 33.7 Å². The van der Waals surface area contributed by atoms with Crippen LogP contribution in [0.2, 0.25) is 0 Å². The highest BCUT2D eigenvalue weighted by atomic mass is 79.9. The zero-order chi connectivity index (χ0) is 15.8. The molecule has 1 aromatic carbocycles. The fourth-order valence-electron chi connectivity index (χ4n) is 1.45. The zero-order valence-electron chi connectivity index (χ0n) is 11.0. The Balaban J connectivity index is 2.35. The fraction of sp³-hybridized carbons (Fsp3) is 0.308. The Bertz CT molecular complexity index is 551. The number of benzene rings is 1. The number of carbonyl (C=O) groups excluding carboxylic acids is 2. The van der Waals surface area contributed by atoms with Crippen molar-refractivity contribution in [2.75, 3.05) is 13.1 Å². The molecule has 1 rings (SSSR count). The molecule has 0 unspecified atom stereocenters. The van der Waals surface area contributed by atoms with Gasteiger partial charge in [0.05, 0.1) is 12.0 Å². The monoisotopic (exact) mass is 360 g/mol. The molecule has 21 heavy (non-hydrogen) atoms. The lowest BCUT2D eigenvalue weighted by Crippen LogP contribution is -2.31. The maximum atomic E-state index is 13.0. The highest BCUT2D eigenvalue weighted by Gasteiger charge is 2.11. The van der Waals surface area contributed by atoms with E-state index in [4.69, 9.17) is 5.11 Å². The summed E-state index contributed by atoms with van der Waals surface area (Å²) in [6.07, 6.45) is -0.146. The Kier molecular flexibility index (Phi) is 6.80. The molecule has 0 saturated carbocycles. The molecular formula is C13H14BrFN2O4. The summed E-state index contributed by atoms with van der Waals surface area (Å²) in [5.41, 5.74) is 0.140. The minimum atomic E-state index is -1.00. The first-order valence-electron chi connectivity index (χ1n) is 6.12. The molecule has 0 heterocycles. The van der Waals surface area contributed by atoms with Crippen LogP contribution in [0.3, 0.4) is 0 Å². The van der Waals surface area contributed by atoms with E-state index < -0.39 is 17.7 Å². The van der Waals surface area contributed by atoms with Gasteiger partial charge in [-0.3, -0.25) is 14.4 Å². The smallest absolute Gasteiger partial charge is 0.305 e. The predicted octanol–water partition coefficient (Wildman–Crippen LogP) is 1.30. The van der Waals surface area contributed by atoms with Gasteiger partial charge in [-0.15, -0.1) is 0 Å². The average molecular weight is 361 g/mol. The minimum Gasteiger partial charge on any atom is -0.481 e. The van der Waals surface area contributed by atoms with Gasteiger partial charge in [-0.25, -0.2) is 4.39 Å². The first-order chi connectivity index (χ1) is 9.90. The van der Waals surface area contributed by atoms with Crippen molar-refractivity contribution in [3.8, 4) is 0 Å². The minimum absolute atomic E-state index is 0.0122. The van der Waals surface area contributed by atoms with Crippen molar-refractivity contribution in [1.29, 1.82) is 0 Å². The summed E-state index contributed by atoms with van der Waals surface area (Å²) in [7, 11) is 0. The fourth-order valence-corrected chi connectivity index (χ4v) is 1.88. The maximum absolute atomic E-state index is 13.0. The summed E-state index contributed by atoms with van der Waals surface area (Å²) in [4.78, 5) is 33.4. The van der Waals surface area contributed by atoms with Gasteiger partial charge in [0.25, 0.3) is 5.91 Å². The molecule has 0 aliphatic carbocycles. The maximum Gasteiger partial charge on any atom is 0.305 e. The van der Waals surface area contributed by atoms with Crippen molar-refractivity contribution in [2.45, 2.75) is 12.8 Å². The molecule has 0 spiro atoms. The summed E-state index contributed by atoms with van der Waals surface area (Å²) in [5, 5.41) is 13.3. The first kappa shape index (κ1) is 17.1. The molecule has 8 heteroatoms. The van der Waals surface area contributed by atoms with Gasteiger partial charge in [0.1, 0.15) is 5.82 Å². The van der Waals surface area contributed by atoms with Gasteiger partial charge in [-0.2, -0.15) is 0 Å². The number of halogens is 2. The summed E-state index contributed by atoms with van der Waals surface area (Å²) < 4.78 is 13.5. The van der Waals surface area contributed by atoms with Gasteiger partial charge in [-0.1, -0.05) is 0 Å². The second-order valence-electron chi connectivity index (χ2n) is 4.12. The van der Waals surface area contributed by atoms with Crippen LogP contribution in [0.4, 0.5) is 4.39 Å². The second-order valence-corrected chi connectivity index (χ2v) is 4.98. The van der Waals surface area contributed by atoms with Crippen molar-refractivity contribution in [2.24, 2.45) is 0 Å². The number of carboxylic acids is 1. The Hall–Kier alpha value is -1.96. The van der Waals surface area contributed by atoms with Crippen molar-refractivity contribution in [1.82, 2.24) is 10.6 Å². The predicted molar refractivity (Wildman–Crippen MR) is 76.3 cm³/mol. The SMILES string of the molecule is O=C(O)CCNC(=O)CCNC(=O)c1cc(F)ccc1Br. The number of nitrogens with one attached hydrogen (secondary N) is 2. The Labute approximate surface area is 128 Å². The van der Waals surface area contributed by atoms with Gasteiger partial charge in [0.15, 0.2) is 0 Å². The van der Waals surface area contributed by atoms with E-state index in [1.54, 1.807) is 0 Å². The van der Waals surface area contributed by atoms with E-state index in [2.05, 4.69) is 26.6 Å². The summed E-state index contributed by atoms with van der Waals surface area (Å²) in [6.45, 7) is 0.109. The molecule has 0 fully saturated rings. The zero-order valence-corrected chi connectivity index (χ0v) is 12.6. The third-order valence-corrected chi connectivity index (χ3v) is 3.16. The largest absolute Gasteiger partial charge is 0.481 e. The van der Waals surface area contributed by atoms with Crippen LogP contribution < -0.4 is 10.6 Å². The molecule has 1 aromatic rings. The van der Waals surface area contributed by atoms with Crippen LogP contribution in [-0.2, 0) is 9.59 Å². The Morgan fingerprint density at radius 1 is 1.14 bits per heavy atom. The van der Waals surface area contributed by atoms with Gasteiger partial charge in [0, 0.05) is 24.0 Å². The van der Waals surface area contributed by atoms with Crippen LogP contribution in [0.25, 0.3) is 0 Å². The van der Waals surface area contributed by atoms with Crippen LogP contribution in [0.5, 0.6) is 0 Å². The molecule has 0 atom stereocenters. The van der Waals surface area contributed by atoms with E-state index in [-0.39, 0.29) is 37.4 Å². The lowest BCUT2D eigenvalue weighted by molar-refractivity contribution is -0.136. The van der Waals surface area contributed by atoms with Crippen LogP contribution in [0.15, 0.2) is 22.7 Å². The van der Waals surface area contributed by atoms with Crippen LogP contribution >= 0.6 is 15.9 Å². The number of hydrogen-bond donors (Lipinski definition) is 3. The van der Waals surface area contributed by atoms with Gasteiger partial charge < -0.3 is 15.7 Å². The van der Waals surface area contributed by atoms with Crippen LogP contribution in [0.1, 0.15) is 23.2 Å². The number of amides is 2. The topological polar surface area (TPSA) is 95.5 Å². The molecule has 0 aliphatic rings. The molecule has 0 saturated heterocycles. The molecular weight excluding hydrogens is 347 g/mol. The van der Waals surface area contributed by atoms with Gasteiger partial charge in [0.2, 0.25) is 5.91 Å². The third-order valence-electron chi connectivity index (χ3n) is 2.47. The van der Waals surface area contributed by atoms with Gasteiger partial charge >= 0.3 is 5.97 Å². The molecule has 114 valence electrons. The third kappa shape index (κ3) is 6.35. The quantitative estimate of drug-likeness (QED) is 0.682. The standard InChI is InChI=1S/C13H14BrFN2O4/c14-10-2-1-8(15)7-9(10)13(21)17-5-3-11(18)16-6-4-12(19)20/h1-2,7H,3-6H2,(H,16,18)(H,17,21)(H,19,20). The lowest BCUT2D eigenvalue weighted by Gasteiger charge is -2.07. The number of rotatable bonds is 7. The second kappa shape index (κ2) is 8.35. The normalized spacial score (nSPS) is 10.0. The van der Waals surface area contributed by atoms with Crippen LogP contribution in [0, 0.1) is 5.82 Å². The van der Waals surface area contributed by atoms with Crippen LogP contribution in [-0.4, -0.2) is 36.0 Å². The van der Waals surface area contributed by atoms with E-state index in [1.165, 1.54) is 12.1 Å². The number of hydrogen-bond acceptors (Lipinski definition) is 3. The van der Waals surface area contributed by atoms with Gasteiger partial charge in [-0.05, 0) is 34.1 Å². The summed E-state index contributed by atoms with van der Waals surface area (Å²) in [5.74, 6) is -2.40. The van der Waals surface area contributed by atoms with Crippen molar-refractivity contribution < 1.29 is 23.9 Å².